The zero-order valence-electron chi connectivity index (χ0n) is 21.2. The van der Waals surface area contributed by atoms with Crippen molar-refractivity contribution in [2.75, 3.05) is 25.5 Å². The second kappa shape index (κ2) is 11.2. The van der Waals surface area contributed by atoms with Crippen molar-refractivity contribution < 1.29 is 14.4 Å². The van der Waals surface area contributed by atoms with Gasteiger partial charge in [-0.1, -0.05) is 23.7 Å². The molecule has 38 heavy (non-hydrogen) atoms. The minimum absolute atomic E-state index is 0.0216. The summed E-state index contributed by atoms with van der Waals surface area (Å²) in [5.41, 5.74) is 2.79. The summed E-state index contributed by atoms with van der Waals surface area (Å²) >= 11 is 6.52. The maximum atomic E-state index is 11.4. The number of benzene rings is 3. The number of fused-ring (bicyclic) bond motifs is 1. The van der Waals surface area contributed by atoms with Gasteiger partial charge in [-0.3, -0.25) is 10.1 Å². The fraction of sp³-hybridized carbons (Fsp3) is 0.286. The Morgan fingerprint density at radius 2 is 1.92 bits per heavy atom. The fourth-order valence-corrected chi connectivity index (χ4v) is 4.74. The molecule has 1 aliphatic rings. The lowest BCUT2D eigenvalue weighted by atomic mass is 10.1. The van der Waals surface area contributed by atoms with Crippen LogP contribution in [-0.2, 0) is 6.61 Å². The molecule has 196 valence electrons. The van der Waals surface area contributed by atoms with E-state index in [0.717, 1.165) is 48.1 Å². The van der Waals surface area contributed by atoms with Crippen LogP contribution >= 0.6 is 11.6 Å². The van der Waals surface area contributed by atoms with Gasteiger partial charge in [-0.25, -0.2) is 9.97 Å². The van der Waals surface area contributed by atoms with Crippen LogP contribution in [0.15, 0.2) is 60.9 Å². The van der Waals surface area contributed by atoms with Gasteiger partial charge in [0.15, 0.2) is 0 Å². The van der Waals surface area contributed by atoms with Crippen LogP contribution < -0.4 is 14.8 Å². The number of nitrogens with one attached hydrogen (secondary N) is 1. The first-order valence-electron chi connectivity index (χ1n) is 12.4. The largest absolute Gasteiger partial charge is 0.489 e. The molecule has 0 atom stereocenters. The minimum atomic E-state index is -0.406. The van der Waals surface area contributed by atoms with Crippen LogP contribution in [-0.4, -0.2) is 46.0 Å². The third-order valence-electron chi connectivity index (χ3n) is 6.60. The molecule has 1 aliphatic heterocycles. The van der Waals surface area contributed by atoms with Crippen molar-refractivity contribution in [1.82, 2.24) is 14.9 Å². The Hall–Kier alpha value is -3.95. The number of hydrogen-bond donors (Lipinski definition) is 1. The molecule has 1 saturated heterocycles. The van der Waals surface area contributed by atoms with Gasteiger partial charge in [-0.05, 0) is 68.8 Å². The van der Waals surface area contributed by atoms with Crippen LogP contribution in [0.3, 0.4) is 0 Å². The number of hydrogen-bond acceptors (Lipinski definition) is 8. The molecule has 4 aromatic rings. The summed E-state index contributed by atoms with van der Waals surface area (Å²) in [6.07, 6.45) is 3.58. The first-order chi connectivity index (χ1) is 18.4. The Labute approximate surface area is 225 Å². The molecule has 2 heterocycles. The van der Waals surface area contributed by atoms with E-state index in [1.165, 1.54) is 12.4 Å². The van der Waals surface area contributed by atoms with E-state index in [9.17, 15) is 10.1 Å². The van der Waals surface area contributed by atoms with Crippen LogP contribution in [0, 0.1) is 17.0 Å². The Morgan fingerprint density at radius 3 is 2.68 bits per heavy atom. The maximum absolute atomic E-state index is 11.4. The third-order valence-corrected chi connectivity index (χ3v) is 6.89. The van der Waals surface area contributed by atoms with E-state index in [4.69, 9.17) is 21.1 Å². The predicted octanol–water partition coefficient (Wildman–Crippen LogP) is 6.30. The molecule has 0 aliphatic carbocycles. The molecule has 1 aromatic heterocycles. The standard InChI is InChI=1S/C28H28ClN5O4/c1-18-6-7-19(24(14-18)34(35)36)16-37-25-9-8-20(15-22(25)29)32-28-27-23(30-17-31-28)4-3-5-26(27)38-21-10-12-33(2)13-11-21/h3-9,14-15,17,21H,10-13,16H2,1-2H3,(H,30,31,32). The maximum Gasteiger partial charge on any atom is 0.276 e. The van der Waals surface area contributed by atoms with E-state index < -0.39 is 4.92 Å². The predicted molar refractivity (Wildman–Crippen MR) is 148 cm³/mol. The second-order valence-electron chi connectivity index (χ2n) is 9.44. The van der Waals surface area contributed by atoms with E-state index in [-0.39, 0.29) is 18.4 Å². The molecule has 9 nitrogen and oxygen atoms in total. The average Bonchev–Trinajstić information content (AvgIpc) is 2.90. The normalized spacial score (nSPS) is 14.4. The van der Waals surface area contributed by atoms with Gasteiger partial charge in [-0.15, -0.1) is 0 Å². The number of halogens is 1. The quantitative estimate of drug-likeness (QED) is 0.208. The highest BCUT2D eigenvalue weighted by molar-refractivity contribution is 6.32. The topological polar surface area (TPSA) is 103 Å². The lowest BCUT2D eigenvalue weighted by molar-refractivity contribution is -0.385. The molecule has 0 saturated carbocycles. The third kappa shape index (κ3) is 5.79. The number of anilines is 2. The SMILES string of the molecule is Cc1ccc(COc2ccc(Nc3ncnc4cccc(OC5CCN(C)CC5)c34)cc2Cl)c([N+](=O)[O-])c1. The van der Waals surface area contributed by atoms with E-state index in [0.29, 0.717) is 27.8 Å². The number of rotatable bonds is 8. The number of aromatic nitrogens is 2. The monoisotopic (exact) mass is 533 g/mol. The number of nitro benzene ring substituents is 1. The van der Waals surface area contributed by atoms with Crippen molar-refractivity contribution >= 4 is 39.7 Å². The Kier molecular flexibility index (Phi) is 7.57. The van der Waals surface area contributed by atoms with Gasteiger partial charge in [-0.2, -0.15) is 0 Å². The number of aryl methyl sites for hydroxylation is 1. The summed E-state index contributed by atoms with van der Waals surface area (Å²) in [7, 11) is 2.12. The number of ether oxygens (including phenoxy) is 2. The highest BCUT2D eigenvalue weighted by atomic mass is 35.5. The average molecular weight is 534 g/mol. The van der Waals surface area contributed by atoms with E-state index in [2.05, 4.69) is 27.2 Å². The fourth-order valence-electron chi connectivity index (χ4n) is 4.51. The van der Waals surface area contributed by atoms with Gasteiger partial charge in [0, 0.05) is 24.8 Å². The summed E-state index contributed by atoms with van der Waals surface area (Å²) < 4.78 is 12.2. The molecule has 1 N–H and O–H groups in total. The molecule has 1 fully saturated rings. The number of nitro groups is 1. The van der Waals surface area contributed by atoms with Crippen molar-refractivity contribution in [1.29, 1.82) is 0 Å². The van der Waals surface area contributed by atoms with Crippen LogP contribution in [0.2, 0.25) is 5.02 Å². The number of nitrogens with zero attached hydrogens (tertiary/aromatic N) is 4. The Balaban J connectivity index is 1.34. The van der Waals surface area contributed by atoms with Gasteiger partial charge in [0.1, 0.15) is 36.4 Å². The van der Waals surface area contributed by atoms with Gasteiger partial charge < -0.3 is 19.7 Å². The molecule has 3 aromatic carbocycles. The van der Waals surface area contributed by atoms with Crippen LogP contribution in [0.1, 0.15) is 24.0 Å². The highest BCUT2D eigenvalue weighted by Gasteiger charge is 2.20. The van der Waals surface area contributed by atoms with Crippen LogP contribution in [0.25, 0.3) is 10.9 Å². The van der Waals surface area contributed by atoms with Crippen molar-refractivity contribution in [3.63, 3.8) is 0 Å². The summed E-state index contributed by atoms with van der Waals surface area (Å²) in [4.78, 5) is 22.2. The van der Waals surface area contributed by atoms with E-state index in [1.807, 2.05) is 37.3 Å². The van der Waals surface area contributed by atoms with Gasteiger partial charge in [0.05, 0.1) is 26.4 Å². The summed E-state index contributed by atoms with van der Waals surface area (Å²) in [6, 6.07) is 16.1. The molecular weight excluding hydrogens is 506 g/mol. The Morgan fingerprint density at radius 1 is 1.11 bits per heavy atom. The van der Waals surface area contributed by atoms with Crippen molar-refractivity contribution in [2.24, 2.45) is 0 Å². The van der Waals surface area contributed by atoms with Crippen molar-refractivity contribution in [2.45, 2.75) is 32.5 Å². The van der Waals surface area contributed by atoms with Gasteiger partial charge >= 0.3 is 0 Å². The highest BCUT2D eigenvalue weighted by Crippen LogP contribution is 2.35. The van der Waals surface area contributed by atoms with Crippen molar-refractivity contribution in [3.05, 3.63) is 87.2 Å². The molecule has 0 bridgehead atoms. The summed E-state index contributed by atoms with van der Waals surface area (Å²) in [5.74, 6) is 1.77. The first kappa shape index (κ1) is 25.7. The molecule has 0 unspecified atom stereocenters. The lowest BCUT2D eigenvalue weighted by Gasteiger charge is -2.29. The van der Waals surface area contributed by atoms with Crippen molar-refractivity contribution in [3.8, 4) is 11.5 Å². The molecule has 0 amide bonds. The minimum Gasteiger partial charge on any atom is -0.489 e. The summed E-state index contributed by atoms with van der Waals surface area (Å²) in [6.45, 7) is 3.84. The first-order valence-corrected chi connectivity index (χ1v) is 12.8. The van der Waals surface area contributed by atoms with Crippen LogP contribution in [0.4, 0.5) is 17.2 Å². The Bertz CT molecular complexity index is 1470. The smallest absolute Gasteiger partial charge is 0.276 e. The molecule has 10 heteroatoms. The van der Waals surface area contributed by atoms with E-state index >= 15 is 0 Å². The number of likely N-dealkylation sites (tertiary alicyclic amines) is 1. The molecular formula is C28H28ClN5O4. The number of piperidine rings is 1. The zero-order chi connectivity index (χ0) is 26.6. The van der Waals surface area contributed by atoms with Crippen LogP contribution in [0.5, 0.6) is 11.5 Å². The van der Waals surface area contributed by atoms with Gasteiger partial charge in [0.2, 0.25) is 0 Å². The summed E-state index contributed by atoms with van der Waals surface area (Å²) in [5, 5.41) is 15.9. The second-order valence-corrected chi connectivity index (χ2v) is 9.85. The molecule has 0 spiro atoms. The molecule has 0 radical (unpaired) electrons. The van der Waals surface area contributed by atoms with E-state index in [1.54, 1.807) is 18.2 Å². The van der Waals surface area contributed by atoms with Gasteiger partial charge in [0.25, 0.3) is 5.69 Å². The lowest BCUT2D eigenvalue weighted by Crippen LogP contribution is -2.35. The molecule has 5 rings (SSSR count). The zero-order valence-corrected chi connectivity index (χ0v) is 21.9.